The maximum absolute atomic E-state index is 7.01. The van der Waals surface area contributed by atoms with E-state index >= 15 is 0 Å². The third-order valence-corrected chi connectivity index (χ3v) is 20.7. The van der Waals surface area contributed by atoms with Gasteiger partial charge in [-0.05, 0) is 229 Å². The van der Waals surface area contributed by atoms with Crippen molar-refractivity contribution in [1.29, 1.82) is 0 Å². The summed E-state index contributed by atoms with van der Waals surface area (Å²) in [6, 6.07) is 53.3. The highest BCUT2D eigenvalue weighted by molar-refractivity contribution is 7.00. The van der Waals surface area contributed by atoms with Gasteiger partial charge < -0.3 is 19.1 Å². The van der Waals surface area contributed by atoms with Gasteiger partial charge in [-0.3, -0.25) is 0 Å². The van der Waals surface area contributed by atoms with E-state index in [-0.39, 0.29) is 44.6 Å². The summed E-state index contributed by atoms with van der Waals surface area (Å²) in [5.74, 6) is 0. The number of furan rings is 1. The molecule has 5 heteroatoms. The molecule has 4 aliphatic rings. The molecule has 0 saturated carbocycles. The zero-order valence-corrected chi connectivity index (χ0v) is 54.4. The van der Waals surface area contributed by atoms with Crippen molar-refractivity contribution in [2.24, 2.45) is 0 Å². The van der Waals surface area contributed by atoms with Crippen molar-refractivity contribution >= 4 is 96.2 Å². The van der Waals surface area contributed by atoms with Gasteiger partial charge in [0, 0.05) is 50.9 Å². The standard InChI is InChI=1S/C79H90BN3O/c1-47-38-67-72-68(39-47)83(64-22-21-23-69-71(64)55-29-24-52(75(10,11)12)42-70(55)84-69)65-44-54(81(62-32-25-50(40-48(62)2)73(4,5)6)63-33-26-51(41-49(63)3)74(7,8)9)28-31-60(65)80(72)61-45-58-59(79(19,20)37-36-78(58,17)18)46-66(61)82(67)53-27-30-56-57(43-53)77(15,16)35-34-76(56,13)14/h21-33,38-46H,34-37H2,1-20H3. The van der Waals surface area contributed by atoms with E-state index in [4.69, 9.17) is 4.42 Å². The highest BCUT2D eigenvalue weighted by atomic mass is 16.3. The van der Waals surface area contributed by atoms with Gasteiger partial charge in [0.1, 0.15) is 11.2 Å². The van der Waals surface area contributed by atoms with Gasteiger partial charge in [-0.25, -0.2) is 0 Å². The van der Waals surface area contributed by atoms with Crippen LogP contribution in [0.4, 0.5) is 51.2 Å². The van der Waals surface area contributed by atoms with Crippen LogP contribution >= 0.6 is 0 Å². The fourth-order valence-electron chi connectivity index (χ4n) is 15.2. The molecule has 8 aromatic carbocycles. The molecule has 84 heavy (non-hydrogen) atoms. The minimum atomic E-state index is -0.0648. The molecule has 1 aromatic heterocycles. The van der Waals surface area contributed by atoms with E-state index < -0.39 is 0 Å². The molecule has 0 spiro atoms. The molecular formula is C79H90BN3O. The first-order valence-corrected chi connectivity index (χ1v) is 31.4. The van der Waals surface area contributed by atoms with E-state index in [1.807, 2.05) is 0 Å². The number of hydrogen-bond acceptors (Lipinski definition) is 4. The summed E-state index contributed by atoms with van der Waals surface area (Å²) < 4.78 is 7.01. The smallest absolute Gasteiger partial charge is 0.252 e. The van der Waals surface area contributed by atoms with E-state index in [1.165, 1.54) is 118 Å². The molecule has 3 heterocycles. The highest BCUT2D eigenvalue weighted by Gasteiger charge is 2.48. The summed E-state index contributed by atoms with van der Waals surface area (Å²) in [5.41, 5.74) is 30.3. The minimum absolute atomic E-state index is 0.00203. The van der Waals surface area contributed by atoms with Crippen molar-refractivity contribution in [1.82, 2.24) is 0 Å². The lowest BCUT2D eigenvalue weighted by Crippen LogP contribution is -2.62. The van der Waals surface area contributed by atoms with E-state index in [9.17, 15) is 0 Å². The second-order valence-corrected chi connectivity index (χ2v) is 31.8. The number of aryl methyl sites for hydroxylation is 3. The largest absolute Gasteiger partial charge is 0.456 e. The van der Waals surface area contributed by atoms with Crippen LogP contribution in [0.5, 0.6) is 0 Å². The van der Waals surface area contributed by atoms with Crippen molar-refractivity contribution < 1.29 is 4.42 Å². The normalized spacial score (nSPS) is 17.4. The zero-order chi connectivity index (χ0) is 59.9. The monoisotopic (exact) mass is 1110 g/mol. The average Bonchev–Trinajstić information content (AvgIpc) is 0.855. The number of hydrogen-bond donors (Lipinski definition) is 0. The Labute approximate surface area is 503 Å². The van der Waals surface area contributed by atoms with E-state index in [0.29, 0.717) is 0 Å². The SMILES string of the molecule is Cc1cc2c3c(c1)N(c1cccc4oc5cc(C(C)(C)C)ccc5c14)c1cc(N(c4ccc(C(C)(C)C)cc4C)c4ccc(C(C)(C)C)cc4C)ccc1B3c1cc3c(cc1N2c1ccc2c(c1)C(C)(C)CCC2(C)C)C(C)(C)CCC3(C)C. The minimum Gasteiger partial charge on any atom is -0.456 e. The fraction of sp³-hybridized carbons (Fsp3) is 0.392. The first-order chi connectivity index (χ1) is 39.2. The fourth-order valence-corrected chi connectivity index (χ4v) is 15.2. The molecule has 2 aliphatic carbocycles. The van der Waals surface area contributed by atoms with Crippen LogP contribution in [0, 0.1) is 20.8 Å². The Kier molecular flexibility index (Phi) is 12.4. The quantitative estimate of drug-likeness (QED) is 0.160. The number of nitrogens with zero attached hydrogens (tertiary/aromatic N) is 3. The number of anilines is 9. The Balaban J connectivity index is 1.15. The third kappa shape index (κ3) is 8.81. The summed E-state index contributed by atoms with van der Waals surface area (Å²) >= 11 is 0. The molecule has 430 valence electrons. The lowest BCUT2D eigenvalue weighted by molar-refractivity contribution is 0.332. The van der Waals surface area contributed by atoms with Crippen molar-refractivity contribution in [2.75, 3.05) is 14.7 Å². The van der Waals surface area contributed by atoms with Crippen LogP contribution in [0.25, 0.3) is 21.9 Å². The molecule has 0 radical (unpaired) electrons. The van der Waals surface area contributed by atoms with Crippen LogP contribution in [0.3, 0.4) is 0 Å². The van der Waals surface area contributed by atoms with Crippen LogP contribution < -0.4 is 31.1 Å². The average molecular weight is 1110 g/mol. The van der Waals surface area contributed by atoms with E-state index in [1.54, 1.807) is 0 Å². The maximum atomic E-state index is 7.01. The van der Waals surface area contributed by atoms with E-state index in [0.717, 1.165) is 52.6 Å². The number of rotatable bonds is 5. The summed E-state index contributed by atoms with van der Waals surface area (Å²) in [4.78, 5) is 7.90. The molecule has 13 rings (SSSR count). The molecule has 2 aliphatic heterocycles. The molecule has 0 atom stereocenters. The van der Waals surface area contributed by atoms with Gasteiger partial charge in [-0.2, -0.15) is 0 Å². The predicted molar refractivity (Wildman–Crippen MR) is 363 cm³/mol. The van der Waals surface area contributed by atoms with Crippen LogP contribution in [0.1, 0.15) is 199 Å². The Bertz CT molecular complexity index is 4150. The van der Waals surface area contributed by atoms with Crippen molar-refractivity contribution in [3.05, 3.63) is 189 Å². The Morgan fingerprint density at radius 3 is 1.51 bits per heavy atom. The van der Waals surface area contributed by atoms with Crippen molar-refractivity contribution in [3.63, 3.8) is 0 Å². The van der Waals surface area contributed by atoms with Crippen LogP contribution in [-0.4, -0.2) is 6.71 Å². The Morgan fingerprint density at radius 2 is 0.940 bits per heavy atom. The maximum Gasteiger partial charge on any atom is 0.252 e. The molecule has 0 amide bonds. The van der Waals surface area contributed by atoms with Crippen molar-refractivity contribution in [3.8, 4) is 0 Å². The summed E-state index contributed by atoms with van der Waals surface area (Å²) in [6.45, 7) is 47.4. The molecule has 0 unspecified atom stereocenters. The van der Waals surface area contributed by atoms with E-state index in [2.05, 4.69) is 287 Å². The van der Waals surface area contributed by atoms with Crippen LogP contribution in [-0.2, 0) is 37.9 Å². The highest BCUT2D eigenvalue weighted by Crippen LogP contribution is 2.55. The number of benzene rings is 8. The lowest BCUT2D eigenvalue weighted by Gasteiger charge is -2.48. The van der Waals surface area contributed by atoms with Gasteiger partial charge in [0.25, 0.3) is 6.71 Å². The Morgan fingerprint density at radius 1 is 0.429 bits per heavy atom. The molecular weight excluding hydrogens is 1020 g/mol. The third-order valence-electron chi connectivity index (χ3n) is 20.7. The first kappa shape index (κ1) is 56.2. The summed E-state index contributed by atoms with van der Waals surface area (Å²) in [6.07, 6.45) is 4.63. The van der Waals surface area contributed by atoms with Gasteiger partial charge in [0.2, 0.25) is 0 Å². The van der Waals surface area contributed by atoms with Crippen LogP contribution in [0.15, 0.2) is 138 Å². The van der Waals surface area contributed by atoms with Crippen LogP contribution in [0.2, 0.25) is 0 Å². The first-order valence-electron chi connectivity index (χ1n) is 31.4. The molecule has 0 N–H and O–H groups in total. The van der Waals surface area contributed by atoms with Gasteiger partial charge >= 0.3 is 0 Å². The molecule has 0 bridgehead atoms. The van der Waals surface area contributed by atoms with Gasteiger partial charge in [0.15, 0.2) is 0 Å². The molecule has 0 fully saturated rings. The summed E-state index contributed by atoms with van der Waals surface area (Å²) in [7, 11) is 0. The molecule has 4 nitrogen and oxygen atoms in total. The number of fused-ring (bicyclic) bond motifs is 9. The molecule has 0 saturated heterocycles. The second kappa shape index (κ2) is 18.5. The molecule has 9 aromatic rings. The zero-order valence-electron chi connectivity index (χ0n) is 54.4. The Hall–Kier alpha value is -6.98. The topological polar surface area (TPSA) is 22.9 Å². The predicted octanol–water partition coefficient (Wildman–Crippen LogP) is 20.7. The van der Waals surface area contributed by atoms with Gasteiger partial charge in [0.05, 0.1) is 11.1 Å². The second-order valence-electron chi connectivity index (χ2n) is 31.8. The van der Waals surface area contributed by atoms with Crippen molar-refractivity contribution in [2.45, 2.75) is 202 Å². The lowest BCUT2D eigenvalue weighted by atomic mass is 9.33. The van der Waals surface area contributed by atoms with Gasteiger partial charge in [-0.15, -0.1) is 0 Å². The summed E-state index contributed by atoms with van der Waals surface area (Å²) in [5, 5.41) is 2.26. The van der Waals surface area contributed by atoms with Gasteiger partial charge in [-0.1, -0.05) is 178 Å².